The number of anilines is 2. The molecular weight excluding hydrogens is 328 g/mol. The lowest BCUT2D eigenvalue weighted by atomic mass is 10.1. The van der Waals surface area contributed by atoms with E-state index in [1.165, 1.54) is 4.90 Å². The maximum Gasteiger partial charge on any atom is 0.258 e. The molecule has 1 heterocycles. The van der Waals surface area contributed by atoms with Gasteiger partial charge >= 0.3 is 0 Å². The van der Waals surface area contributed by atoms with Crippen molar-refractivity contribution in [2.75, 3.05) is 16.8 Å². The summed E-state index contributed by atoms with van der Waals surface area (Å²) in [5, 5.41) is 2.78. The predicted octanol–water partition coefficient (Wildman–Crippen LogP) is 4.08. The van der Waals surface area contributed by atoms with Crippen LogP contribution in [0, 0.1) is 0 Å². The molecule has 1 aliphatic heterocycles. The zero-order valence-corrected chi connectivity index (χ0v) is 13.9. The molecule has 5 nitrogen and oxygen atoms in total. The molecule has 128 valence electrons. The Balaban J connectivity index is 1.56. The Morgan fingerprint density at radius 2 is 1.50 bits per heavy atom. The average Bonchev–Trinajstić information content (AvgIpc) is 2.68. The van der Waals surface area contributed by atoms with Crippen molar-refractivity contribution in [1.29, 1.82) is 0 Å². The molecule has 4 rings (SSSR count). The van der Waals surface area contributed by atoms with Crippen LogP contribution in [0.1, 0.15) is 10.4 Å². The molecule has 26 heavy (non-hydrogen) atoms. The second-order valence-corrected chi connectivity index (χ2v) is 5.90. The fourth-order valence-corrected chi connectivity index (χ4v) is 2.86. The molecule has 0 aliphatic carbocycles. The molecule has 0 fully saturated rings. The van der Waals surface area contributed by atoms with Crippen LogP contribution >= 0.6 is 0 Å². The topological polar surface area (TPSA) is 58.6 Å². The van der Waals surface area contributed by atoms with Gasteiger partial charge in [-0.1, -0.05) is 30.3 Å². The monoisotopic (exact) mass is 344 g/mol. The van der Waals surface area contributed by atoms with E-state index in [4.69, 9.17) is 4.74 Å². The van der Waals surface area contributed by atoms with Crippen LogP contribution in [0.2, 0.25) is 0 Å². The van der Waals surface area contributed by atoms with Crippen LogP contribution in [0.15, 0.2) is 78.9 Å². The minimum absolute atomic E-state index is 0.00187. The van der Waals surface area contributed by atoms with Gasteiger partial charge in [0.2, 0.25) is 5.91 Å². The van der Waals surface area contributed by atoms with Gasteiger partial charge in [-0.2, -0.15) is 0 Å². The molecule has 0 aromatic heterocycles. The smallest absolute Gasteiger partial charge is 0.258 e. The van der Waals surface area contributed by atoms with Crippen LogP contribution in [0.5, 0.6) is 11.5 Å². The summed E-state index contributed by atoms with van der Waals surface area (Å²) >= 11 is 0. The Kier molecular flexibility index (Phi) is 4.11. The highest BCUT2D eigenvalue weighted by Gasteiger charge is 2.27. The number of nitrogens with one attached hydrogen (secondary N) is 1. The fourth-order valence-electron chi connectivity index (χ4n) is 2.86. The molecule has 0 saturated carbocycles. The van der Waals surface area contributed by atoms with E-state index in [2.05, 4.69) is 5.32 Å². The minimum atomic E-state index is -0.224. The molecular formula is C21H16N2O3. The molecule has 0 spiro atoms. The van der Waals surface area contributed by atoms with Gasteiger partial charge in [0, 0.05) is 5.56 Å². The van der Waals surface area contributed by atoms with Crippen LogP contribution in [-0.2, 0) is 4.79 Å². The highest BCUT2D eigenvalue weighted by atomic mass is 16.5. The normalized spacial score (nSPS) is 12.9. The number of ether oxygens (including phenoxy) is 1. The summed E-state index contributed by atoms with van der Waals surface area (Å²) in [6, 6.07) is 23.6. The third-order valence-corrected chi connectivity index (χ3v) is 4.10. The third-order valence-electron chi connectivity index (χ3n) is 4.10. The van der Waals surface area contributed by atoms with E-state index in [9.17, 15) is 9.59 Å². The number of amides is 2. The number of hydrogen-bond donors (Lipinski definition) is 1. The summed E-state index contributed by atoms with van der Waals surface area (Å²) in [6.07, 6.45) is 0. The number of nitrogens with zero attached hydrogens (tertiary/aromatic N) is 1. The van der Waals surface area contributed by atoms with Gasteiger partial charge in [-0.15, -0.1) is 0 Å². The Morgan fingerprint density at radius 1 is 0.846 bits per heavy atom. The summed E-state index contributed by atoms with van der Waals surface area (Å²) in [4.78, 5) is 26.3. The second-order valence-electron chi connectivity index (χ2n) is 5.90. The van der Waals surface area contributed by atoms with Crippen molar-refractivity contribution in [3.05, 3.63) is 84.4 Å². The van der Waals surface area contributed by atoms with Crippen LogP contribution < -0.4 is 15.0 Å². The molecule has 3 aromatic rings. The fraction of sp³-hybridized carbons (Fsp3) is 0.0476. The van der Waals surface area contributed by atoms with Crippen molar-refractivity contribution in [1.82, 2.24) is 0 Å². The lowest BCUT2D eigenvalue weighted by molar-refractivity contribution is -0.115. The summed E-state index contributed by atoms with van der Waals surface area (Å²) < 4.78 is 5.74. The molecule has 0 bridgehead atoms. The first-order valence-electron chi connectivity index (χ1n) is 8.24. The van der Waals surface area contributed by atoms with Crippen LogP contribution in [-0.4, -0.2) is 18.4 Å². The van der Waals surface area contributed by atoms with Gasteiger partial charge in [0.1, 0.15) is 18.0 Å². The van der Waals surface area contributed by atoms with Gasteiger partial charge < -0.3 is 10.1 Å². The van der Waals surface area contributed by atoms with E-state index in [1.807, 2.05) is 48.5 Å². The van der Waals surface area contributed by atoms with Crippen LogP contribution in [0.4, 0.5) is 11.4 Å². The highest BCUT2D eigenvalue weighted by Crippen LogP contribution is 2.30. The number of rotatable bonds is 3. The SMILES string of the molecule is O=C1CN(C(=O)c2ccc(Oc3ccccc3)cc2)c2ccccc2N1. The number of carbonyl (C=O) groups is 2. The van der Waals surface area contributed by atoms with Crippen LogP contribution in [0.25, 0.3) is 0 Å². The number of fused-ring (bicyclic) bond motifs is 1. The van der Waals surface area contributed by atoms with Crippen molar-refractivity contribution in [3.8, 4) is 11.5 Å². The summed E-state index contributed by atoms with van der Waals surface area (Å²) in [7, 11) is 0. The lowest BCUT2D eigenvalue weighted by Gasteiger charge is -2.29. The van der Waals surface area contributed by atoms with Gasteiger partial charge in [-0.3, -0.25) is 14.5 Å². The van der Waals surface area contributed by atoms with E-state index in [0.717, 1.165) is 5.75 Å². The maximum absolute atomic E-state index is 12.9. The first-order valence-corrected chi connectivity index (χ1v) is 8.24. The van der Waals surface area contributed by atoms with E-state index in [1.54, 1.807) is 30.3 Å². The zero-order chi connectivity index (χ0) is 17.9. The second kappa shape index (κ2) is 6.72. The van der Waals surface area contributed by atoms with Gasteiger partial charge in [0.15, 0.2) is 0 Å². The summed E-state index contributed by atoms with van der Waals surface area (Å²) in [5.41, 5.74) is 1.83. The standard InChI is InChI=1S/C21H16N2O3/c24-20-14-23(19-9-5-4-8-18(19)22-20)21(25)15-10-12-17(13-11-15)26-16-6-2-1-3-7-16/h1-13H,14H2,(H,22,24). The largest absolute Gasteiger partial charge is 0.457 e. The Morgan fingerprint density at radius 3 is 2.27 bits per heavy atom. The maximum atomic E-state index is 12.9. The number of benzene rings is 3. The highest BCUT2D eigenvalue weighted by molar-refractivity contribution is 6.15. The first-order chi connectivity index (χ1) is 12.7. The predicted molar refractivity (Wildman–Crippen MR) is 99.7 cm³/mol. The first kappa shape index (κ1) is 15.9. The number of hydrogen-bond acceptors (Lipinski definition) is 3. The van der Waals surface area contributed by atoms with Gasteiger partial charge in [-0.25, -0.2) is 0 Å². The Bertz CT molecular complexity index is 953. The zero-order valence-electron chi connectivity index (χ0n) is 13.9. The molecule has 1 aliphatic rings. The Labute approximate surface area is 150 Å². The molecule has 3 aromatic carbocycles. The molecule has 1 N–H and O–H groups in total. The third kappa shape index (κ3) is 3.15. The number of para-hydroxylation sites is 3. The van der Waals surface area contributed by atoms with E-state index >= 15 is 0 Å². The molecule has 5 heteroatoms. The van der Waals surface area contributed by atoms with Crippen molar-refractivity contribution in [2.24, 2.45) is 0 Å². The van der Waals surface area contributed by atoms with Crippen molar-refractivity contribution < 1.29 is 14.3 Å². The molecule has 0 atom stereocenters. The minimum Gasteiger partial charge on any atom is -0.457 e. The van der Waals surface area contributed by atoms with Gasteiger partial charge in [-0.05, 0) is 48.5 Å². The van der Waals surface area contributed by atoms with E-state index < -0.39 is 0 Å². The number of carbonyl (C=O) groups excluding carboxylic acids is 2. The van der Waals surface area contributed by atoms with Crippen molar-refractivity contribution >= 4 is 23.2 Å². The van der Waals surface area contributed by atoms with Crippen molar-refractivity contribution in [2.45, 2.75) is 0 Å². The Hall–Kier alpha value is -3.60. The molecule has 0 unspecified atom stereocenters. The molecule has 0 saturated heterocycles. The van der Waals surface area contributed by atoms with Crippen molar-refractivity contribution in [3.63, 3.8) is 0 Å². The van der Waals surface area contributed by atoms with E-state index in [-0.39, 0.29) is 18.4 Å². The van der Waals surface area contributed by atoms with Gasteiger partial charge in [0.05, 0.1) is 11.4 Å². The quantitative estimate of drug-likeness (QED) is 0.779. The molecule has 0 radical (unpaired) electrons. The summed E-state index contributed by atoms with van der Waals surface area (Å²) in [6.45, 7) is -0.00187. The average molecular weight is 344 g/mol. The van der Waals surface area contributed by atoms with Gasteiger partial charge in [0.25, 0.3) is 5.91 Å². The van der Waals surface area contributed by atoms with E-state index in [0.29, 0.717) is 22.7 Å². The van der Waals surface area contributed by atoms with Crippen LogP contribution in [0.3, 0.4) is 0 Å². The lowest BCUT2D eigenvalue weighted by Crippen LogP contribution is -2.42. The molecule has 2 amide bonds. The summed E-state index contributed by atoms with van der Waals surface area (Å²) in [5.74, 6) is 0.942.